The number of hydrogen-bond acceptors (Lipinski definition) is 5. The minimum absolute atomic E-state index is 0.0225. The standard InChI is InChI=1S/C12H17N5O/c1-8(2)15-11(18)4-5-14-12-16-9(3)6-10(7-13)17-12/h6,8H,4-5H2,1-3H3,(H,15,18)(H,14,16,17). The van der Waals surface area contributed by atoms with E-state index in [4.69, 9.17) is 5.26 Å². The van der Waals surface area contributed by atoms with Crippen molar-refractivity contribution < 1.29 is 4.79 Å². The second-order valence-electron chi connectivity index (χ2n) is 4.23. The van der Waals surface area contributed by atoms with Gasteiger partial charge in [0.1, 0.15) is 11.8 Å². The molecule has 0 aliphatic heterocycles. The smallest absolute Gasteiger partial charge is 0.224 e. The lowest BCUT2D eigenvalue weighted by Gasteiger charge is -2.09. The van der Waals surface area contributed by atoms with Crippen molar-refractivity contribution in [2.75, 3.05) is 11.9 Å². The van der Waals surface area contributed by atoms with Crippen molar-refractivity contribution in [1.29, 1.82) is 5.26 Å². The van der Waals surface area contributed by atoms with Crippen LogP contribution >= 0.6 is 0 Å². The van der Waals surface area contributed by atoms with Crippen molar-refractivity contribution in [3.05, 3.63) is 17.5 Å². The normalized spacial score (nSPS) is 9.94. The van der Waals surface area contributed by atoms with Crippen LogP contribution in [0.1, 0.15) is 31.7 Å². The van der Waals surface area contributed by atoms with E-state index in [1.807, 2.05) is 19.9 Å². The highest BCUT2D eigenvalue weighted by atomic mass is 16.1. The third kappa shape index (κ3) is 4.78. The number of carbonyl (C=O) groups is 1. The first kappa shape index (κ1) is 13.9. The van der Waals surface area contributed by atoms with Gasteiger partial charge in [-0.05, 0) is 26.8 Å². The van der Waals surface area contributed by atoms with Gasteiger partial charge in [-0.3, -0.25) is 4.79 Å². The van der Waals surface area contributed by atoms with Gasteiger partial charge >= 0.3 is 0 Å². The van der Waals surface area contributed by atoms with Gasteiger partial charge in [0.2, 0.25) is 11.9 Å². The van der Waals surface area contributed by atoms with Crippen molar-refractivity contribution >= 4 is 11.9 Å². The minimum atomic E-state index is -0.0225. The van der Waals surface area contributed by atoms with Crippen LogP contribution in [0.2, 0.25) is 0 Å². The summed E-state index contributed by atoms with van der Waals surface area (Å²) in [6.07, 6.45) is 0.345. The molecule has 1 aromatic rings. The van der Waals surface area contributed by atoms with E-state index in [0.717, 1.165) is 5.69 Å². The second-order valence-corrected chi connectivity index (χ2v) is 4.23. The van der Waals surface area contributed by atoms with E-state index in [1.54, 1.807) is 13.0 Å². The zero-order valence-electron chi connectivity index (χ0n) is 10.8. The zero-order chi connectivity index (χ0) is 13.5. The van der Waals surface area contributed by atoms with E-state index >= 15 is 0 Å². The Morgan fingerprint density at radius 1 is 1.50 bits per heavy atom. The van der Waals surface area contributed by atoms with Crippen molar-refractivity contribution in [3.8, 4) is 6.07 Å². The van der Waals surface area contributed by atoms with Crippen LogP contribution < -0.4 is 10.6 Å². The van der Waals surface area contributed by atoms with Crippen LogP contribution in [-0.2, 0) is 4.79 Å². The largest absolute Gasteiger partial charge is 0.354 e. The maximum absolute atomic E-state index is 11.4. The highest BCUT2D eigenvalue weighted by Gasteiger charge is 2.04. The van der Waals surface area contributed by atoms with Crippen molar-refractivity contribution in [2.24, 2.45) is 0 Å². The number of aryl methyl sites for hydroxylation is 1. The Hall–Kier alpha value is -2.16. The molecule has 0 saturated heterocycles. The molecule has 6 heteroatoms. The average Bonchev–Trinajstić information content (AvgIpc) is 2.27. The number of nitriles is 1. The first-order valence-corrected chi connectivity index (χ1v) is 5.80. The van der Waals surface area contributed by atoms with Gasteiger partial charge in [-0.15, -0.1) is 0 Å². The summed E-state index contributed by atoms with van der Waals surface area (Å²) in [7, 11) is 0. The fourth-order valence-electron chi connectivity index (χ4n) is 1.39. The Bertz CT molecular complexity index is 464. The third-order valence-electron chi connectivity index (χ3n) is 2.05. The molecule has 0 atom stereocenters. The Balaban J connectivity index is 2.47. The summed E-state index contributed by atoms with van der Waals surface area (Å²) < 4.78 is 0. The number of hydrogen-bond donors (Lipinski definition) is 2. The summed E-state index contributed by atoms with van der Waals surface area (Å²) in [5.41, 5.74) is 1.03. The molecular formula is C12H17N5O. The molecule has 0 bridgehead atoms. The summed E-state index contributed by atoms with van der Waals surface area (Å²) in [5, 5.41) is 14.5. The number of nitrogens with one attached hydrogen (secondary N) is 2. The van der Waals surface area contributed by atoms with E-state index in [9.17, 15) is 4.79 Å². The number of anilines is 1. The fourth-order valence-corrected chi connectivity index (χ4v) is 1.39. The van der Waals surface area contributed by atoms with Gasteiger partial charge in [0.15, 0.2) is 0 Å². The van der Waals surface area contributed by atoms with E-state index in [1.165, 1.54) is 0 Å². The predicted octanol–water partition coefficient (Wildman–Crippen LogP) is 0.983. The van der Waals surface area contributed by atoms with E-state index in [0.29, 0.717) is 24.6 Å². The monoisotopic (exact) mass is 247 g/mol. The molecule has 0 spiro atoms. The summed E-state index contributed by atoms with van der Waals surface area (Å²) in [6.45, 7) is 6.05. The Labute approximate surface area is 106 Å². The number of nitrogens with zero attached hydrogens (tertiary/aromatic N) is 3. The molecule has 0 aromatic carbocycles. The topological polar surface area (TPSA) is 90.7 Å². The van der Waals surface area contributed by atoms with Gasteiger partial charge in [0.05, 0.1) is 0 Å². The highest BCUT2D eigenvalue weighted by molar-refractivity contribution is 5.76. The number of carbonyl (C=O) groups excluding carboxylic acids is 1. The van der Waals surface area contributed by atoms with Gasteiger partial charge in [0.25, 0.3) is 0 Å². The highest BCUT2D eigenvalue weighted by Crippen LogP contribution is 2.03. The summed E-state index contributed by atoms with van der Waals surface area (Å²) >= 11 is 0. The fraction of sp³-hybridized carbons (Fsp3) is 0.500. The summed E-state index contributed by atoms with van der Waals surface area (Å²) in [4.78, 5) is 19.5. The van der Waals surface area contributed by atoms with Gasteiger partial charge in [-0.25, -0.2) is 9.97 Å². The number of aromatic nitrogens is 2. The van der Waals surface area contributed by atoms with Crippen LogP contribution in [0.15, 0.2) is 6.07 Å². The molecule has 2 N–H and O–H groups in total. The maximum Gasteiger partial charge on any atom is 0.224 e. The van der Waals surface area contributed by atoms with E-state index in [-0.39, 0.29) is 11.9 Å². The van der Waals surface area contributed by atoms with Gasteiger partial charge < -0.3 is 10.6 Å². The molecule has 6 nitrogen and oxygen atoms in total. The van der Waals surface area contributed by atoms with Gasteiger partial charge in [-0.2, -0.15) is 5.26 Å². The van der Waals surface area contributed by atoms with Crippen LogP contribution in [0.25, 0.3) is 0 Å². The molecule has 0 saturated carbocycles. The average molecular weight is 247 g/mol. The van der Waals surface area contributed by atoms with Gasteiger partial charge in [0, 0.05) is 24.7 Å². The second kappa shape index (κ2) is 6.55. The van der Waals surface area contributed by atoms with E-state index in [2.05, 4.69) is 20.6 Å². The SMILES string of the molecule is Cc1cc(C#N)nc(NCCC(=O)NC(C)C)n1. The molecule has 0 radical (unpaired) electrons. The molecule has 1 amide bonds. The number of rotatable bonds is 5. The Kier molecular flexibility index (Phi) is 5.06. The zero-order valence-corrected chi connectivity index (χ0v) is 10.8. The molecule has 0 aliphatic carbocycles. The van der Waals surface area contributed by atoms with E-state index < -0.39 is 0 Å². The van der Waals surface area contributed by atoms with Gasteiger partial charge in [-0.1, -0.05) is 0 Å². The summed E-state index contributed by atoms with van der Waals surface area (Å²) in [5.74, 6) is 0.356. The number of amides is 1. The van der Waals surface area contributed by atoms with Crippen LogP contribution in [-0.4, -0.2) is 28.5 Å². The molecule has 18 heavy (non-hydrogen) atoms. The lowest BCUT2D eigenvalue weighted by molar-refractivity contribution is -0.121. The first-order chi connectivity index (χ1) is 8.51. The minimum Gasteiger partial charge on any atom is -0.354 e. The maximum atomic E-state index is 11.4. The Morgan fingerprint density at radius 3 is 2.83 bits per heavy atom. The van der Waals surface area contributed by atoms with Crippen molar-refractivity contribution in [1.82, 2.24) is 15.3 Å². The molecular weight excluding hydrogens is 230 g/mol. The van der Waals surface area contributed by atoms with Crippen molar-refractivity contribution in [3.63, 3.8) is 0 Å². The molecule has 96 valence electrons. The summed E-state index contributed by atoms with van der Waals surface area (Å²) in [6, 6.07) is 3.71. The predicted molar refractivity (Wildman–Crippen MR) is 67.9 cm³/mol. The van der Waals surface area contributed by atoms with Crippen LogP contribution in [0.5, 0.6) is 0 Å². The molecule has 1 heterocycles. The lowest BCUT2D eigenvalue weighted by Crippen LogP contribution is -2.31. The molecule has 0 fully saturated rings. The quantitative estimate of drug-likeness (QED) is 0.809. The molecule has 0 unspecified atom stereocenters. The lowest BCUT2D eigenvalue weighted by atomic mass is 10.3. The van der Waals surface area contributed by atoms with Crippen LogP contribution in [0, 0.1) is 18.3 Å². The van der Waals surface area contributed by atoms with Crippen LogP contribution in [0.4, 0.5) is 5.95 Å². The first-order valence-electron chi connectivity index (χ1n) is 5.80. The molecule has 0 aliphatic rings. The third-order valence-corrected chi connectivity index (χ3v) is 2.05. The molecule has 1 aromatic heterocycles. The molecule has 1 rings (SSSR count). The van der Waals surface area contributed by atoms with Crippen LogP contribution in [0.3, 0.4) is 0 Å². The van der Waals surface area contributed by atoms with Crippen molar-refractivity contribution in [2.45, 2.75) is 33.2 Å². The Morgan fingerprint density at radius 2 is 2.22 bits per heavy atom.